The number of hydrogen-bond acceptors (Lipinski definition) is 7. The molecule has 5 rings (SSSR count). The largest absolute Gasteiger partial charge is 0.493 e. The van der Waals surface area contributed by atoms with Gasteiger partial charge >= 0.3 is 6.03 Å². The summed E-state index contributed by atoms with van der Waals surface area (Å²) in [6, 6.07) is 23.2. The molecule has 0 atom stereocenters. The predicted molar refractivity (Wildman–Crippen MR) is 165 cm³/mol. The van der Waals surface area contributed by atoms with E-state index in [1.165, 1.54) is 6.20 Å². The molecule has 0 saturated heterocycles. The first-order valence-electron chi connectivity index (χ1n) is 13.5. The second-order valence-electron chi connectivity index (χ2n) is 9.43. The Kier molecular flexibility index (Phi) is 8.39. The van der Waals surface area contributed by atoms with Gasteiger partial charge in [-0.05, 0) is 68.4 Å². The molecule has 0 aliphatic heterocycles. The molecule has 3 aromatic carbocycles. The first kappa shape index (κ1) is 28.5. The number of nitriles is 1. The lowest BCUT2D eigenvalue weighted by molar-refractivity contribution is 0.102. The van der Waals surface area contributed by atoms with Gasteiger partial charge in [0.05, 0.1) is 42.0 Å². The molecule has 0 aliphatic carbocycles. The van der Waals surface area contributed by atoms with E-state index in [1.54, 1.807) is 42.1 Å². The Morgan fingerprint density at radius 3 is 2.47 bits per heavy atom. The van der Waals surface area contributed by atoms with Gasteiger partial charge in [0.1, 0.15) is 11.8 Å². The molecule has 0 saturated carbocycles. The minimum absolute atomic E-state index is 0.338. The van der Waals surface area contributed by atoms with Gasteiger partial charge in [0.25, 0.3) is 5.91 Å². The number of aryl methyl sites for hydroxylation is 1. The quantitative estimate of drug-likeness (QED) is 0.158. The minimum Gasteiger partial charge on any atom is -0.493 e. The average molecular weight is 576 g/mol. The van der Waals surface area contributed by atoms with E-state index in [4.69, 9.17) is 9.47 Å². The van der Waals surface area contributed by atoms with Gasteiger partial charge in [-0.3, -0.25) is 4.79 Å². The number of fused-ring (bicyclic) bond motifs is 1. The number of ether oxygens (including phenoxy) is 2. The number of carbonyl (C=O) groups excluding carboxylic acids is 2. The van der Waals surface area contributed by atoms with E-state index >= 15 is 0 Å². The Labute approximate surface area is 248 Å². The molecule has 0 unspecified atom stereocenters. The number of carbonyl (C=O) groups is 2. The molecule has 0 spiro atoms. The van der Waals surface area contributed by atoms with Crippen molar-refractivity contribution >= 4 is 40.2 Å². The fraction of sp³-hybridized carbons (Fsp3) is 0.125. The van der Waals surface area contributed by atoms with Crippen molar-refractivity contribution in [3.63, 3.8) is 0 Å². The monoisotopic (exact) mass is 575 g/mol. The molecule has 11 heteroatoms. The van der Waals surface area contributed by atoms with Crippen LogP contribution in [0.15, 0.2) is 85.2 Å². The van der Waals surface area contributed by atoms with Crippen LogP contribution in [0.3, 0.4) is 0 Å². The van der Waals surface area contributed by atoms with E-state index in [9.17, 15) is 14.9 Å². The third kappa shape index (κ3) is 6.34. The van der Waals surface area contributed by atoms with Crippen molar-refractivity contribution < 1.29 is 19.1 Å². The Balaban J connectivity index is 1.38. The molecular formula is C32H29N7O4. The second-order valence-corrected chi connectivity index (χ2v) is 9.43. The molecule has 0 fully saturated rings. The van der Waals surface area contributed by atoms with Crippen molar-refractivity contribution in [3.8, 4) is 23.3 Å². The smallest absolute Gasteiger partial charge is 0.319 e. The fourth-order valence-corrected chi connectivity index (χ4v) is 4.47. The number of nitrogens with one attached hydrogen (secondary N) is 4. The zero-order valence-electron chi connectivity index (χ0n) is 23.8. The number of methoxy groups -OCH3 is 1. The van der Waals surface area contributed by atoms with Crippen molar-refractivity contribution in [2.75, 3.05) is 29.6 Å². The van der Waals surface area contributed by atoms with E-state index in [1.807, 2.05) is 62.4 Å². The molecule has 5 aromatic rings. The van der Waals surface area contributed by atoms with Crippen LogP contribution in [0, 0.1) is 18.3 Å². The van der Waals surface area contributed by atoms with Crippen LogP contribution >= 0.6 is 0 Å². The first-order chi connectivity index (χ1) is 20.9. The molecule has 216 valence electrons. The summed E-state index contributed by atoms with van der Waals surface area (Å²) < 4.78 is 12.9. The molecule has 3 amide bonds. The van der Waals surface area contributed by atoms with Gasteiger partial charge in [-0.2, -0.15) is 10.4 Å². The van der Waals surface area contributed by atoms with E-state index in [2.05, 4.69) is 32.4 Å². The molecule has 0 aliphatic rings. The molecule has 0 bridgehead atoms. The molecule has 2 heterocycles. The highest BCUT2D eigenvalue weighted by molar-refractivity contribution is 6.06. The number of aromatic nitrogens is 2. The summed E-state index contributed by atoms with van der Waals surface area (Å²) in [6.45, 7) is 4.14. The number of benzene rings is 3. The van der Waals surface area contributed by atoms with Crippen molar-refractivity contribution in [2.45, 2.75) is 13.8 Å². The lowest BCUT2D eigenvalue weighted by Crippen LogP contribution is -2.28. The zero-order chi connectivity index (χ0) is 30.3. The number of rotatable bonds is 9. The second kappa shape index (κ2) is 12.7. The third-order valence-electron chi connectivity index (χ3n) is 6.57. The Morgan fingerprint density at radius 1 is 0.977 bits per heavy atom. The average Bonchev–Trinajstić information content (AvgIpc) is 3.33. The molecule has 43 heavy (non-hydrogen) atoms. The van der Waals surface area contributed by atoms with Gasteiger partial charge in [-0.15, -0.1) is 0 Å². The first-order valence-corrected chi connectivity index (χ1v) is 13.5. The maximum Gasteiger partial charge on any atom is 0.319 e. The van der Waals surface area contributed by atoms with E-state index in [-0.39, 0.29) is 11.9 Å². The summed E-state index contributed by atoms with van der Waals surface area (Å²) in [5, 5.41) is 25.8. The predicted octanol–water partition coefficient (Wildman–Crippen LogP) is 6.45. The molecule has 2 aromatic heterocycles. The van der Waals surface area contributed by atoms with Gasteiger partial charge in [0.15, 0.2) is 11.5 Å². The highest BCUT2D eigenvalue weighted by atomic mass is 16.5. The lowest BCUT2D eigenvalue weighted by atomic mass is 10.1. The van der Waals surface area contributed by atoms with Gasteiger partial charge in [0.2, 0.25) is 0 Å². The summed E-state index contributed by atoms with van der Waals surface area (Å²) in [5.74, 6) is 1.47. The maximum atomic E-state index is 13.2. The van der Waals surface area contributed by atoms with Crippen molar-refractivity contribution in [2.24, 2.45) is 0 Å². The van der Waals surface area contributed by atoms with Crippen LogP contribution in [-0.4, -0.2) is 35.2 Å². The van der Waals surface area contributed by atoms with Crippen molar-refractivity contribution in [3.05, 3.63) is 102 Å². The van der Waals surface area contributed by atoms with Crippen LogP contribution < -0.4 is 30.7 Å². The van der Waals surface area contributed by atoms with Crippen LogP contribution in [0.25, 0.3) is 5.52 Å². The maximum absolute atomic E-state index is 13.2. The summed E-state index contributed by atoms with van der Waals surface area (Å²) in [5.41, 5.74) is 4.33. The number of para-hydroxylation sites is 2. The van der Waals surface area contributed by atoms with Crippen LogP contribution in [0.1, 0.15) is 28.4 Å². The van der Waals surface area contributed by atoms with Gasteiger partial charge in [-0.25, -0.2) is 9.31 Å². The van der Waals surface area contributed by atoms with Crippen LogP contribution in [0.2, 0.25) is 0 Å². The number of hydrogen-bond donors (Lipinski definition) is 4. The van der Waals surface area contributed by atoms with Gasteiger partial charge in [-0.1, -0.05) is 18.2 Å². The SMILES string of the molecule is CCNC(=O)Nc1cccc(C(=O)Nc2cn3ncc(C#N)c(Nc4ccc(Oc5ccccc5OC)cc4)c3c2C)c1. The van der Waals surface area contributed by atoms with Gasteiger partial charge in [0, 0.05) is 29.0 Å². The number of urea groups is 1. The van der Waals surface area contributed by atoms with E-state index < -0.39 is 0 Å². The van der Waals surface area contributed by atoms with Crippen molar-refractivity contribution in [1.29, 1.82) is 5.26 Å². The molecule has 11 nitrogen and oxygen atoms in total. The Morgan fingerprint density at radius 2 is 1.74 bits per heavy atom. The molecular weight excluding hydrogens is 546 g/mol. The highest BCUT2D eigenvalue weighted by Gasteiger charge is 2.18. The standard InChI is InChI=1S/C32H29N7O4/c1-4-34-32(41)37-24-9-7-8-21(16-24)31(40)38-26-19-39-30(20(26)2)29(22(17-33)18-35-39)36-23-12-14-25(15-13-23)43-28-11-6-5-10-27(28)42-3/h5-16,18-19,36H,4H2,1-3H3,(H,38,40)(H2,34,37,41). The summed E-state index contributed by atoms with van der Waals surface area (Å²) in [6.07, 6.45) is 3.16. The van der Waals surface area contributed by atoms with Crippen LogP contribution in [0.5, 0.6) is 17.2 Å². The van der Waals surface area contributed by atoms with Crippen molar-refractivity contribution in [1.82, 2.24) is 14.9 Å². The molecule has 0 radical (unpaired) electrons. The number of nitrogens with zero attached hydrogens (tertiary/aromatic N) is 3. The Hall–Kier alpha value is -6.02. The minimum atomic E-state index is -0.362. The number of amides is 3. The highest BCUT2D eigenvalue weighted by Crippen LogP contribution is 2.34. The normalized spacial score (nSPS) is 10.5. The van der Waals surface area contributed by atoms with Crippen LogP contribution in [-0.2, 0) is 0 Å². The number of anilines is 4. The summed E-state index contributed by atoms with van der Waals surface area (Å²) >= 11 is 0. The fourth-order valence-electron chi connectivity index (χ4n) is 4.47. The zero-order valence-corrected chi connectivity index (χ0v) is 23.8. The van der Waals surface area contributed by atoms with E-state index in [0.29, 0.717) is 63.1 Å². The Bertz CT molecular complexity index is 1840. The van der Waals surface area contributed by atoms with Gasteiger partial charge < -0.3 is 30.7 Å². The summed E-state index contributed by atoms with van der Waals surface area (Å²) in [4.78, 5) is 25.0. The lowest BCUT2D eigenvalue weighted by Gasteiger charge is -2.13. The summed E-state index contributed by atoms with van der Waals surface area (Å²) in [7, 11) is 1.59. The van der Waals surface area contributed by atoms with Crippen LogP contribution in [0.4, 0.5) is 27.5 Å². The molecule has 4 N–H and O–H groups in total. The topological polar surface area (TPSA) is 142 Å². The third-order valence-corrected chi connectivity index (χ3v) is 6.57. The van der Waals surface area contributed by atoms with E-state index in [0.717, 1.165) is 5.69 Å².